The molecule has 2 rings (SSSR count). The number of hydrogen-bond donors (Lipinski definition) is 2. The fraction of sp³-hybridized carbons (Fsp3) is 0.600. The first-order valence-corrected chi connectivity index (χ1v) is 9.19. The first kappa shape index (κ1) is 16.3. The van der Waals surface area contributed by atoms with Crippen molar-refractivity contribution in [3.8, 4) is 5.75 Å². The van der Waals surface area contributed by atoms with Crippen molar-refractivity contribution in [3.05, 3.63) is 30.3 Å². The summed E-state index contributed by atoms with van der Waals surface area (Å²) in [7, 11) is -3.19. The largest absolute Gasteiger partial charge is 0.494 e. The molecule has 2 N–H and O–H groups in total. The van der Waals surface area contributed by atoms with Gasteiger partial charge in [0.15, 0.2) is 0 Å². The molecule has 0 bridgehead atoms. The molecule has 1 heterocycles. The van der Waals surface area contributed by atoms with Crippen LogP contribution in [0.3, 0.4) is 0 Å². The van der Waals surface area contributed by atoms with Gasteiger partial charge in [0, 0.05) is 12.6 Å². The van der Waals surface area contributed by atoms with E-state index in [2.05, 4.69) is 10.0 Å². The molecular weight excluding hydrogens is 288 g/mol. The minimum Gasteiger partial charge on any atom is -0.494 e. The second-order valence-electron chi connectivity index (χ2n) is 5.34. The van der Waals surface area contributed by atoms with E-state index in [0.717, 1.165) is 31.6 Å². The summed E-state index contributed by atoms with van der Waals surface area (Å²) < 4.78 is 32.0. The van der Waals surface area contributed by atoms with Crippen LogP contribution in [0.5, 0.6) is 5.75 Å². The highest BCUT2D eigenvalue weighted by Crippen LogP contribution is 2.09. The first-order chi connectivity index (χ1) is 10.2. The molecule has 1 aliphatic heterocycles. The summed E-state index contributed by atoms with van der Waals surface area (Å²) in [5.74, 6) is 0.985. The lowest BCUT2D eigenvalue weighted by atomic mass is 10.1. The third kappa shape index (κ3) is 6.46. The van der Waals surface area contributed by atoms with E-state index in [-0.39, 0.29) is 11.8 Å². The van der Waals surface area contributed by atoms with Gasteiger partial charge in [0.25, 0.3) is 0 Å². The van der Waals surface area contributed by atoms with Gasteiger partial charge in [-0.15, -0.1) is 0 Å². The highest BCUT2D eigenvalue weighted by atomic mass is 32.2. The number of piperidine rings is 1. The molecule has 21 heavy (non-hydrogen) atoms. The topological polar surface area (TPSA) is 67.4 Å². The van der Waals surface area contributed by atoms with E-state index >= 15 is 0 Å². The van der Waals surface area contributed by atoms with Crippen LogP contribution >= 0.6 is 0 Å². The Morgan fingerprint density at radius 2 is 2.05 bits per heavy atom. The average molecular weight is 312 g/mol. The zero-order valence-electron chi connectivity index (χ0n) is 12.3. The number of sulfonamides is 1. The Kier molecular flexibility index (Phi) is 6.48. The highest BCUT2D eigenvalue weighted by Gasteiger charge is 2.20. The van der Waals surface area contributed by atoms with Gasteiger partial charge in [0.05, 0.1) is 12.4 Å². The SMILES string of the molecule is O=S(=O)(CC1CCCCN1)NCCCOc1ccccc1. The summed E-state index contributed by atoms with van der Waals surface area (Å²) in [6, 6.07) is 9.62. The van der Waals surface area contributed by atoms with Gasteiger partial charge in [-0.1, -0.05) is 24.6 Å². The molecule has 1 aromatic carbocycles. The predicted molar refractivity (Wildman–Crippen MR) is 84.0 cm³/mol. The monoisotopic (exact) mass is 312 g/mol. The zero-order valence-corrected chi connectivity index (χ0v) is 13.1. The molecule has 0 aliphatic carbocycles. The molecule has 0 aromatic heterocycles. The van der Waals surface area contributed by atoms with Crippen molar-refractivity contribution in [2.45, 2.75) is 31.7 Å². The highest BCUT2D eigenvalue weighted by molar-refractivity contribution is 7.89. The van der Waals surface area contributed by atoms with Crippen LogP contribution in [0.25, 0.3) is 0 Å². The Balaban J connectivity index is 1.60. The Morgan fingerprint density at radius 3 is 2.76 bits per heavy atom. The Bertz CT molecular complexity index is 499. The minimum atomic E-state index is -3.19. The van der Waals surface area contributed by atoms with Crippen LogP contribution in [0.4, 0.5) is 0 Å². The molecule has 1 fully saturated rings. The Labute approximate surface area is 127 Å². The second-order valence-corrected chi connectivity index (χ2v) is 7.19. The summed E-state index contributed by atoms with van der Waals surface area (Å²) in [6.45, 7) is 1.85. The van der Waals surface area contributed by atoms with Gasteiger partial charge in [-0.05, 0) is 37.9 Å². The number of hydrogen-bond acceptors (Lipinski definition) is 4. The van der Waals surface area contributed by atoms with Crippen molar-refractivity contribution < 1.29 is 13.2 Å². The second kappa shape index (κ2) is 8.36. The summed E-state index contributed by atoms with van der Waals surface area (Å²) in [5, 5.41) is 3.25. The number of nitrogens with one attached hydrogen (secondary N) is 2. The number of ether oxygens (including phenoxy) is 1. The normalized spacial score (nSPS) is 19.3. The third-order valence-electron chi connectivity index (χ3n) is 3.49. The quantitative estimate of drug-likeness (QED) is 0.714. The van der Waals surface area contributed by atoms with Crippen LogP contribution in [0, 0.1) is 0 Å². The van der Waals surface area contributed by atoms with Gasteiger partial charge in [-0.25, -0.2) is 13.1 Å². The van der Waals surface area contributed by atoms with Crippen molar-refractivity contribution in [1.82, 2.24) is 10.0 Å². The molecule has 0 spiro atoms. The summed E-state index contributed by atoms with van der Waals surface area (Å²) in [4.78, 5) is 0. The fourth-order valence-electron chi connectivity index (χ4n) is 2.40. The van der Waals surface area contributed by atoms with Crippen molar-refractivity contribution >= 4 is 10.0 Å². The van der Waals surface area contributed by atoms with E-state index in [0.29, 0.717) is 19.6 Å². The summed E-state index contributed by atoms with van der Waals surface area (Å²) >= 11 is 0. The lowest BCUT2D eigenvalue weighted by Crippen LogP contribution is -2.42. The van der Waals surface area contributed by atoms with Gasteiger partial charge in [-0.2, -0.15) is 0 Å². The van der Waals surface area contributed by atoms with Crippen LogP contribution in [0.2, 0.25) is 0 Å². The van der Waals surface area contributed by atoms with E-state index in [9.17, 15) is 8.42 Å². The molecule has 0 amide bonds. The molecule has 1 aromatic rings. The summed E-state index contributed by atoms with van der Waals surface area (Å²) in [6.07, 6.45) is 3.85. The van der Waals surface area contributed by atoms with E-state index in [1.165, 1.54) is 0 Å². The number of rotatable bonds is 8. The molecule has 1 unspecified atom stereocenters. The number of benzene rings is 1. The Hall–Kier alpha value is -1.11. The average Bonchev–Trinajstić information content (AvgIpc) is 2.48. The van der Waals surface area contributed by atoms with E-state index in [1.807, 2.05) is 30.3 Å². The molecule has 1 atom stereocenters. The van der Waals surface area contributed by atoms with E-state index in [1.54, 1.807) is 0 Å². The van der Waals surface area contributed by atoms with Crippen LogP contribution < -0.4 is 14.8 Å². The van der Waals surface area contributed by atoms with Crippen LogP contribution in [0.1, 0.15) is 25.7 Å². The van der Waals surface area contributed by atoms with Gasteiger partial charge in [0.1, 0.15) is 5.75 Å². The standard InChI is InChI=1S/C15H24N2O3S/c18-21(19,13-14-7-4-5-10-16-14)17-11-6-12-20-15-8-2-1-3-9-15/h1-3,8-9,14,16-17H,4-7,10-13H2. The smallest absolute Gasteiger partial charge is 0.213 e. The van der Waals surface area contributed by atoms with E-state index < -0.39 is 10.0 Å². The lowest BCUT2D eigenvalue weighted by molar-refractivity contribution is 0.311. The van der Waals surface area contributed by atoms with Crippen LogP contribution in [0.15, 0.2) is 30.3 Å². The Morgan fingerprint density at radius 1 is 1.24 bits per heavy atom. The molecular formula is C15H24N2O3S. The molecule has 0 radical (unpaired) electrons. The van der Waals surface area contributed by atoms with E-state index in [4.69, 9.17) is 4.74 Å². The van der Waals surface area contributed by atoms with Crippen LogP contribution in [-0.2, 0) is 10.0 Å². The van der Waals surface area contributed by atoms with Crippen LogP contribution in [-0.4, -0.2) is 39.9 Å². The van der Waals surface area contributed by atoms with Gasteiger partial charge in [-0.3, -0.25) is 0 Å². The van der Waals surface area contributed by atoms with Crippen molar-refractivity contribution in [2.75, 3.05) is 25.4 Å². The lowest BCUT2D eigenvalue weighted by Gasteiger charge is -2.23. The molecule has 5 nitrogen and oxygen atoms in total. The van der Waals surface area contributed by atoms with Gasteiger partial charge < -0.3 is 10.1 Å². The minimum absolute atomic E-state index is 0.0943. The fourth-order valence-corrected chi connectivity index (χ4v) is 3.78. The summed E-state index contributed by atoms with van der Waals surface area (Å²) in [5.41, 5.74) is 0. The number of para-hydroxylation sites is 1. The molecule has 6 heteroatoms. The zero-order chi connectivity index (χ0) is 15.0. The molecule has 118 valence electrons. The first-order valence-electron chi connectivity index (χ1n) is 7.54. The van der Waals surface area contributed by atoms with Crippen molar-refractivity contribution in [3.63, 3.8) is 0 Å². The predicted octanol–water partition coefficient (Wildman–Crippen LogP) is 1.52. The molecule has 0 saturated carbocycles. The molecule has 1 aliphatic rings. The van der Waals surface area contributed by atoms with Gasteiger partial charge >= 0.3 is 0 Å². The van der Waals surface area contributed by atoms with Crippen molar-refractivity contribution in [1.29, 1.82) is 0 Å². The maximum Gasteiger partial charge on any atom is 0.213 e. The molecule has 1 saturated heterocycles. The van der Waals surface area contributed by atoms with Crippen molar-refractivity contribution in [2.24, 2.45) is 0 Å². The third-order valence-corrected chi connectivity index (χ3v) is 4.97. The van der Waals surface area contributed by atoms with Gasteiger partial charge in [0.2, 0.25) is 10.0 Å². The maximum absolute atomic E-state index is 11.9. The maximum atomic E-state index is 11.9.